The molecule has 2 amide bonds. The molecule has 3 unspecified atom stereocenters. The van der Waals surface area contributed by atoms with Gasteiger partial charge in [-0.25, -0.2) is 0 Å². The van der Waals surface area contributed by atoms with Crippen LogP contribution in [0.2, 0.25) is 0 Å². The number of imide groups is 1. The molecule has 0 aromatic rings. The maximum atomic E-state index is 12.4. The minimum Gasteiger partial charge on any atom is -0.280 e. The average molecular weight is 239 g/mol. The minimum absolute atomic E-state index is 0.00454. The van der Waals surface area contributed by atoms with Crippen LogP contribution in [-0.2, 0) is 9.59 Å². The van der Waals surface area contributed by atoms with E-state index in [-0.39, 0.29) is 35.6 Å². The highest BCUT2D eigenvalue weighted by Gasteiger charge is 2.46. The van der Waals surface area contributed by atoms with Crippen molar-refractivity contribution in [2.45, 2.75) is 54.0 Å². The number of hydrogen-bond acceptors (Lipinski definition) is 2. The average Bonchev–Trinajstić information content (AvgIpc) is 2.21. The van der Waals surface area contributed by atoms with Crippen molar-refractivity contribution in [2.24, 2.45) is 23.7 Å². The number of amides is 2. The normalized spacial score (nSPS) is 30.6. The van der Waals surface area contributed by atoms with Gasteiger partial charge in [0.25, 0.3) is 0 Å². The zero-order valence-electron chi connectivity index (χ0n) is 11.9. The van der Waals surface area contributed by atoms with Gasteiger partial charge in [-0.15, -0.1) is 0 Å². The van der Waals surface area contributed by atoms with Crippen molar-refractivity contribution in [1.29, 1.82) is 0 Å². The molecule has 1 rings (SSSR count). The van der Waals surface area contributed by atoms with Crippen molar-refractivity contribution in [3.8, 4) is 0 Å². The summed E-state index contributed by atoms with van der Waals surface area (Å²) in [6.07, 6.45) is 0.896. The maximum absolute atomic E-state index is 12.4. The van der Waals surface area contributed by atoms with Gasteiger partial charge in [0.1, 0.15) is 0 Å². The van der Waals surface area contributed by atoms with Gasteiger partial charge in [-0.3, -0.25) is 14.5 Å². The van der Waals surface area contributed by atoms with E-state index in [1.54, 1.807) is 0 Å². The van der Waals surface area contributed by atoms with Gasteiger partial charge >= 0.3 is 0 Å². The third kappa shape index (κ3) is 2.38. The molecule has 1 aliphatic rings. The van der Waals surface area contributed by atoms with Crippen LogP contribution >= 0.6 is 0 Å². The van der Waals surface area contributed by atoms with E-state index in [1.165, 1.54) is 4.90 Å². The van der Waals surface area contributed by atoms with Crippen LogP contribution in [-0.4, -0.2) is 22.8 Å². The number of nitrogens with zero attached hydrogens (tertiary/aromatic N) is 1. The topological polar surface area (TPSA) is 37.4 Å². The molecule has 1 saturated heterocycles. The quantitative estimate of drug-likeness (QED) is 0.710. The fourth-order valence-electron chi connectivity index (χ4n) is 3.06. The summed E-state index contributed by atoms with van der Waals surface area (Å²) >= 11 is 0. The van der Waals surface area contributed by atoms with Gasteiger partial charge in [0, 0.05) is 17.9 Å². The third-order valence-electron chi connectivity index (χ3n) is 3.96. The Morgan fingerprint density at radius 2 is 1.65 bits per heavy atom. The number of rotatable bonds is 3. The van der Waals surface area contributed by atoms with E-state index < -0.39 is 0 Å². The minimum atomic E-state index is -0.0347. The first-order valence-corrected chi connectivity index (χ1v) is 6.69. The van der Waals surface area contributed by atoms with Crippen molar-refractivity contribution < 1.29 is 9.59 Å². The maximum Gasteiger partial charge on any atom is 0.233 e. The summed E-state index contributed by atoms with van der Waals surface area (Å²) in [5, 5.41) is 0. The molecule has 3 atom stereocenters. The van der Waals surface area contributed by atoms with Gasteiger partial charge < -0.3 is 0 Å². The van der Waals surface area contributed by atoms with E-state index in [9.17, 15) is 9.59 Å². The summed E-state index contributed by atoms with van der Waals surface area (Å²) in [5.74, 6) is 0.496. The molecule has 0 N–H and O–H groups in total. The Morgan fingerprint density at radius 3 is 2.00 bits per heavy atom. The van der Waals surface area contributed by atoms with Crippen molar-refractivity contribution >= 4 is 11.8 Å². The summed E-state index contributed by atoms with van der Waals surface area (Å²) in [5.41, 5.74) is 0. The first kappa shape index (κ1) is 14.2. The second-order valence-corrected chi connectivity index (χ2v) is 5.77. The molecule has 0 bridgehead atoms. The second kappa shape index (κ2) is 5.19. The Bertz CT molecular complexity index is 309. The van der Waals surface area contributed by atoms with Gasteiger partial charge in [-0.05, 0) is 25.7 Å². The van der Waals surface area contributed by atoms with Crippen LogP contribution in [0.3, 0.4) is 0 Å². The molecular formula is C14H25NO2. The molecule has 17 heavy (non-hydrogen) atoms. The summed E-state index contributed by atoms with van der Waals surface area (Å²) in [7, 11) is 0. The van der Waals surface area contributed by atoms with Crippen LogP contribution in [0.1, 0.15) is 48.0 Å². The zero-order chi connectivity index (χ0) is 13.3. The Balaban J connectivity index is 3.12. The molecule has 3 nitrogen and oxygen atoms in total. The van der Waals surface area contributed by atoms with Gasteiger partial charge in [0.2, 0.25) is 11.8 Å². The number of piperidine rings is 1. The lowest BCUT2D eigenvalue weighted by molar-refractivity contribution is -0.163. The first-order chi connectivity index (χ1) is 7.82. The van der Waals surface area contributed by atoms with Crippen LogP contribution < -0.4 is 0 Å². The van der Waals surface area contributed by atoms with Crippen molar-refractivity contribution in [2.75, 3.05) is 0 Å². The van der Waals surface area contributed by atoms with Gasteiger partial charge in [0.05, 0.1) is 0 Å². The SMILES string of the molecule is CCC1C(C)C(=O)N(C(C)C)C(=O)C1C(C)C. The smallest absolute Gasteiger partial charge is 0.233 e. The number of carbonyl (C=O) groups excluding carboxylic acids is 2. The second-order valence-electron chi connectivity index (χ2n) is 5.77. The van der Waals surface area contributed by atoms with E-state index in [0.29, 0.717) is 5.92 Å². The molecule has 0 spiro atoms. The zero-order valence-corrected chi connectivity index (χ0v) is 11.9. The summed E-state index contributed by atoms with van der Waals surface area (Å²) in [6, 6.07) is -0.0310. The highest BCUT2D eigenvalue weighted by molar-refractivity contribution is 6.00. The standard InChI is InChI=1S/C14H25NO2/c1-7-11-10(6)13(16)15(9(4)5)14(17)12(11)8(2)3/h8-12H,7H2,1-6H3. The molecule has 98 valence electrons. The molecule has 0 aromatic carbocycles. The fraction of sp³-hybridized carbons (Fsp3) is 0.857. The van der Waals surface area contributed by atoms with E-state index in [0.717, 1.165) is 6.42 Å². The molecule has 1 fully saturated rings. The number of hydrogen-bond donors (Lipinski definition) is 0. The molecule has 0 aliphatic carbocycles. The Morgan fingerprint density at radius 1 is 1.12 bits per heavy atom. The number of likely N-dealkylation sites (tertiary alicyclic amines) is 1. The molecule has 1 aliphatic heterocycles. The predicted octanol–water partition coefficient (Wildman–Crippen LogP) is 2.70. The fourth-order valence-corrected chi connectivity index (χ4v) is 3.06. The van der Waals surface area contributed by atoms with E-state index in [2.05, 4.69) is 20.8 Å². The molecule has 3 heteroatoms. The van der Waals surface area contributed by atoms with Gasteiger partial charge in [-0.2, -0.15) is 0 Å². The Labute approximate surface area is 105 Å². The van der Waals surface area contributed by atoms with Gasteiger partial charge in [-0.1, -0.05) is 34.1 Å². The summed E-state index contributed by atoms with van der Waals surface area (Å²) in [6.45, 7) is 12.0. The van der Waals surface area contributed by atoms with Crippen LogP contribution in [0.25, 0.3) is 0 Å². The van der Waals surface area contributed by atoms with Crippen molar-refractivity contribution in [1.82, 2.24) is 4.90 Å². The molecule has 0 radical (unpaired) electrons. The predicted molar refractivity (Wildman–Crippen MR) is 68.3 cm³/mol. The van der Waals surface area contributed by atoms with Crippen LogP contribution in [0.15, 0.2) is 0 Å². The first-order valence-electron chi connectivity index (χ1n) is 6.69. The van der Waals surface area contributed by atoms with E-state index >= 15 is 0 Å². The van der Waals surface area contributed by atoms with Crippen LogP contribution in [0, 0.1) is 23.7 Å². The Hall–Kier alpha value is -0.860. The van der Waals surface area contributed by atoms with Crippen molar-refractivity contribution in [3.05, 3.63) is 0 Å². The highest BCUT2D eigenvalue weighted by atomic mass is 16.2. The lowest BCUT2D eigenvalue weighted by atomic mass is 9.71. The monoisotopic (exact) mass is 239 g/mol. The van der Waals surface area contributed by atoms with E-state index in [1.807, 2.05) is 20.8 Å². The highest BCUT2D eigenvalue weighted by Crippen LogP contribution is 2.37. The van der Waals surface area contributed by atoms with Crippen molar-refractivity contribution in [3.63, 3.8) is 0 Å². The van der Waals surface area contributed by atoms with Crippen LogP contribution in [0.4, 0.5) is 0 Å². The summed E-state index contributed by atoms with van der Waals surface area (Å²) < 4.78 is 0. The molecular weight excluding hydrogens is 214 g/mol. The van der Waals surface area contributed by atoms with Gasteiger partial charge in [0.15, 0.2) is 0 Å². The lowest BCUT2D eigenvalue weighted by Gasteiger charge is -2.43. The molecule has 1 heterocycles. The van der Waals surface area contributed by atoms with E-state index in [4.69, 9.17) is 0 Å². The van der Waals surface area contributed by atoms with Crippen LogP contribution in [0.5, 0.6) is 0 Å². The number of carbonyl (C=O) groups is 2. The molecule has 0 saturated carbocycles. The lowest BCUT2D eigenvalue weighted by Crippen LogP contribution is -2.57. The molecule has 0 aromatic heterocycles. The largest absolute Gasteiger partial charge is 0.280 e. The Kier molecular flexibility index (Phi) is 4.34. The summed E-state index contributed by atoms with van der Waals surface area (Å²) in [4.78, 5) is 26.1. The third-order valence-corrected chi connectivity index (χ3v) is 3.96.